The highest BCUT2D eigenvalue weighted by Gasteiger charge is 2.15. The highest BCUT2D eigenvalue weighted by Crippen LogP contribution is 2.19. The molecule has 0 spiro atoms. The van der Waals surface area contributed by atoms with E-state index in [-0.39, 0.29) is 5.91 Å². The first kappa shape index (κ1) is 13.7. The van der Waals surface area contributed by atoms with E-state index in [4.69, 9.17) is 0 Å². The van der Waals surface area contributed by atoms with Gasteiger partial charge in [-0.15, -0.1) is 5.10 Å². The van der Waals surface area contributed by atoms with Gasteiger partial charge in [0.05, 0.1) is 11.8 Å². The molecule has 1 amide bonds. The smallest absolute Gasteiger partial charge is 0.258 e. The second-order valence-corrected chi connectivity index (χ2v) is 5.51. The molecule has 0 aromatic carbocycles. The van der Waals surface area contributed by atoms with E-state index in [1.807, 2.05) is 12.1 Å². The van der Waals surface area contributed by atoms with Crippen molar-refractivity contribution in [1.29, 1.82) is 0 Å². The van der Waals surface area contributed by atoms with Crippen molar-refractivity contribution in [3.8, 4) is 0 Å². The van der Waals surface area contributed by atoms with Gasteiger partial charge in [-0.3, -0.25) is 9.78 Å². The molecule has 7 heteroatoms. The van der Waals surface area contributed by atoms with Gasteiger partial charge in [0.15, 0.2) is 11.5 Å². The van der Waals surface area contributed by atoms with Gasteiger partial charge in [-0.25, -0.2) is 9.50 Å². The number of amides is 1. The highest BCUT2D eigenvalue weighted by molar-refractivity contribution is 6.03. The molecule has 0 aliphatic carbocycles. The van der Waals surface area contributed by atoms with E-state index in [1.165, 1.54) is 19.0 Å². The van der Waals surface area contributed by atoms with Gasteiger partial charge in [0.1, 0.15) is 5.82 Å². The summed E-state index contributed by atoms with van der Waals surface area (Å²) in [6.45, 7) is 2.08. The minimum Gasteiger partial charge on any atom is -0.355 e. The second-order valence-electron chi connectivity index (χ2n) is 5.51. The summed E-state index contributed by atoms with van der Waals surface area (Å²) in [5.41, 5.74) is 1.20. The van der Waals surface area contributed by atoms with Crippen LogP contribution in [0.2, 0.25) is 0 Å². The van der Waals surface area contributed by atoms with Crippen LogP contribution < -0.4 is 10.2 Å². The van der Waals surface area contributed by atoms with Gasteiger partial charge in [-0.2, -0.15) is 0 Å². The standard InChI is InChI=1S/C16H16N6O/c23-16(12-4-3-7-17-10-12)19-13-11-22-14(18-13)5-6-15(20-22)21-8-1-2-9-21/h3-7,10-11H,1-2,8-9H2,(H,19,23). The molecule has 4 heterocycles. The topological polar surface area (TPSA) is 75.4 Å². The van der Waals surface area contributed by atoms with Crippen LogP contribution in [0.15, 0.2) is 42.9 Å². The van der Waals surface area contributed by atoms with Crippen molar-refractivity contribution in [2.24, 2.45) is 0 Å². The molecule has 1 aliphatic rings. The molecule has 23 heavy (non-hydrogen) atoms. The molecule has 1 saturated heterocycles. The summed E-state index contributed by atoms with van der Waals surface area (Å²) in [4.78, 5) is 22.7. The third kappa shape index (κ3) is 2.73. The average molecular weight is 308 g/mol. The molecule has 0 bridgehead atoms. The number of fused-ring (bicyclic) bond motifs is 1. The lowest BCUT2D eigenvalue weighted by Gasteiger charge is -2.15. The van der Waals surface area contributed by atoms with E-state index in [2.05, 4.69) is 25.3 Å². The Morgan fingerprint density at radius 3 is 2.83 bits per heavy atom. The number of aromatic nitrogens is 4. The van der Waals surface area contributed by atoms with Crippen LogP contribution in [0.3, 0.4) is 0 Å². The van der Waals surface area contributed by atoms with E-state index in [0.29, 0.717) is 17.0 Å². The highest BCUT2D eigenvalue weighted by atomic mass is 16.1. The zero-order valence-electron chi connectivity index (χ0n) is 12.5. The number of imidazole rings is 1. The number of hydrogen-bond donors (Lipinski definition) is 1. The van der Waals surface area contributed by atoms with Crippen LogP contribution in [-0.4, -0.2) is 38.6 Å². The van der Waals surface area contributed by atoms with Crippen LogP contribution in [0.25, 0.3) is 5.65 Å². The summed E-state index contributed by atoms with van der Waals surface area (Å²) >= 11 is 0. The summed E-state index contributed by atoms with van der Waals surface area (Å²) < 4.78 is 1.70. The molecule has 3 aromatic heterocycles. The molecule has 1 aliphatic heterocycles. The molecule has 3 aromatic rings. The SMILES string of the molecule is O=C(Nc1cn2nc(N3CCCC3)ccc2n1)c1cccnc1. The summed E-state index contributed by atoms with van der Waals surface area (Å²) in [7, 11) is 0. The number of hydrogen-bond acceptors (Lipinski definition) is 5. The first-order valence-corrected chi connectivity index (χ1v) is 7.62. The molecular formula is C16H16N6O. The van der Waals surface area contributed by atoms with Gasteiger partial charge < -0.3 is 10.2 Å². The predicted octanol–water partition coefficient (Wildman–Crippen LogP) is 1.98. The number of nitrogens with one attached hydrogen (secondary N) is 1. The maximum absolute atomic E-state index is 12.1. The van der Waals surface area contributed by atoms with Crippen LogP contribution in [0.5, 0.6) is 0 Å². The van der Waals surface area contributed by atoms with Crippen molar-refractivity contribution in [1.82, 2.24) is 19.6 Å². The van der Waals surface area contributed by atoms with Crippen LogP contribution in [-0.2, 0) is 0 Å². The van der Waals surface area contributed by atoms with E-state index in [0.717, 1.165) is 18.9 Å². The molecule has 1 N–H and O–H groups in total. The number of nitrogens with zero attached hydrogens (tertiary/aromatic N) is 5. The Bertz CT molecular complexity index is 838. The lowest BCUT2D eigenvalue weighted by Crippen LogP contribution is -2.19. The van der Waals surface area contributed by atoms with Gasteiger partial charge in [0, 0.05) is 25.5 Å². The van der Waals surface area contributed by atoms with E-state index < -0.39 is 0 Å². The molecule has 1 fully saturated rings. The Hall–Kier alpha value is -2.96. The van der Waals surface area contributed by atoms with E-state index >= 15 is 0 Å². The van der Waals surface area contributed by atoms with Gasteiger partial charge in [-0.05, 0) is 37.1 Å². The molecule has 116 valence electrons. The lowest BCUT2D eigenvalue weighted by molar-refractivity contribution is 0.102. The Labute approximate surface area is 133 Å². The molecule has 4 rings (SSSR count). The first-order valence-electron chi connectivity index (χ1n) is 7.62. The van der Waals surface area contributed by atoms with Crippen LogP contribution in [0.1, 0.15) is 23.2 Å². The molecular weight excluding hydrogens is 292 g/mol. The Kier molecular flexibility index (Phi) is 3.38. The van der Waals surface area contributed by atoms with Crippen molar-refractivity contribution in [3.63, 3.8) is 0 Å². The van der Waals surface area contributed by atoms with Gasteiger partial charge in [0.2, 0.25) is 0 Å². The maximum Gasteiger partial charge on any atom is 0.258 e. The van der Waals surface area contributed by atoms with Crippen molar-refractivity contribution < 1.29 is 4.79 Å². The van der Waals surface area contributed by atoms with Gasteiger partial charge >= 0.3 is 0 Å². The fourth-order valence-electron chi connectivity index (χ4n) is 2.73. The average Bonchev–Trinajstić information content (AvgIpc) is 3.24. The number of anilines is 2. The fraction of sp³-hybridized carbons (Fsp3) is 0.250. The molecule has 0 atom stereocenters. The Morgan fingerprint density at radius 1 is 1.17 bits per heavy atom. The molecule has 0 unspecified atom stereocenters. The van der Waals surface area contributed by atoms with Crippen LogP contribution in [0, 0.1) is 0 Å². The number of carbonyl (C=O) groups excluding carboxylic acids is 1. The summed E-state index contributed by atoms with van der Waals surface area (Å²) in [6, 6.07) is 7.32. The van der Waals surface area contributed by atoms with Gasteiger partial charge in [-0.1, -0.05) is 0 Å². The van der Waals surface area contributed by atoms with Crippen LogP contribution in [0.4, 0.5) is 11.6 Å². The maximum atomic E-state index is 12.1. The summed E-state index contributed by atoms with van der Waals surface area (Å²) in [5, 5.41) is 7.35. The van der Waals surface area contributed by atoms with Crippen LogP contribution >= 0.6 is 0 Å². The monoisotopic (exact) mass is 308 g/mol. The number of rotatable bonds is 3. The Morgan fingerprint density at radius 2 is 2.04 bits per heavy atom. The molecule has 7 nitrogen and oxygen atoms in total. The number of carbonyl (C=O) groups is 1. The second kappa shape index (κ2) is 5.68. The third-order valence-corrected chi connectivity index (χ3v) is 3.90. The first-order chi connectivity index (χ1) is 11.3. The lowest BCUT2D eigenvalue weighted by atomic mass is 10.3. The Balaban J connectivity index is 1.57. The van der Waals surface area contributed by atoms with Crippen molar-refractivity contribution in [2.75, 3.05) is 23.3 Å². The zero-order valence-corrected chi connectivity index (χ0v) is 12.5. The summed E-state index contributed by atoms with van der Waals surface area (Å²) in [5.74, 6) is 1.18. The molecule has 0 radical (unpaired) electrons. The predicted molar refractivity (Wildman–Crippen MR) is 86.6 cm³/mol. The zero-order chi connectivity index (χ0) is 15.6. The quantitative estimate of drug-likeness (QED) is 0.800. The van der Waals surface area contributed by atoms with E-state index in [1.54, 1.807) is 29.0 Å². The van der Waals surface area contributed by atoms with Gasteiger partial charge in [0.25, 0.3) is 5.91 Å². The minimum atomic E-state index is -0.235. The van der Waals surface area contributed by atoms with E-state index in [9.17, 15) is 4.79 Å². The largest absolute Gasteiger partial charge is 0.355 e. The molecule has 0 saturated carbocycles. The van der Waals surface area contributed by atoms with Crippen molar-refractivity contribution in [2.45, 2.75) is 12.8 Å². The minimum absolute atomic E-state index is 0.235. The van der Waals surface area contributed by atoms with Crippen molar-refractivity contribution in [3.05, 3.63) is 48.4 Å². The van der Waals surface area contributed by atoms with Crippen molar-refractivity contribution >= 4 is 23.2 Å². The third-order valence-electron chi connectivity index (χ3n) is 3.90. The normalized spacial score (nSPS) is 14.3. The number of pyridine rings is 1. The fourth-order valence-corrected chi connectivity index (χ4v) is 2.73. The summed E-state index contributed by atoms with van der Waals surface area (Å²) in [6.07, 6.45) is 7.29.